The second-order valence-corrected chi connectivity index (χ2v) is 3.54. The van der Waals surface area contributed by atoms with Gasteiger partial charge in [0.1, 0.15) is 0 Å². The van der Waals surface area contributed by atoms with Gasteiger partial charge in [0, 0.05) is 5.02 Å². The summed E-state index contributed by atoms with van der Waals surface area (Å²) >= 11 is 5.84. The van der Waals surface area contributed by atoms with Crippen molar-refractivity contribution in [2.24, 2.45) is 4.99 Å². The molecule has 0 spiro atoms. The van der Waals surface area contributed by atoms with Crippen LogP contribution < -0.4 is 0 Å². The minimum atomic E-state index is 0.374. The summed E-state index contributed by atoms with van der Waals surface area (Å²) in [4.78, 5) is 13.6. The second-order valence-electron chi connectivity index (χ2n) is 3.10. The Bertz CT molecular complexity index is 354. The van der Waals surface area contributed by atoms with Crippen LogP contribution in [-0.4, -0.2) is 6.08 Å². The van der Waals surface area contributed by atoms with E-state index in [1.165, 1.54) is 6.08 Å². The first-order valence-corrected chi connectivity index (χ1v) is 4.39. The van der Waals surface area contributed by atoms with Crippen LogP contribution in [0.1, 0.15) is 25.3 Å². The van der Waals surface area contributed by atoms with Crippen molar-refractivity contribution < 1.29 is 4.79 Å². The van der Waals surface area contributed by atoms with Gasteiger partial charge in [-0.2, -0.15) is 4.99 Å². The number of benzene rings is 1. The van der Waals surface area contributed by atoms with Gasteiger partial charge in [0.15, 0.2) is 0 Å². The molecule has 2 nitrogen and oxygen atoms in total. The standard InChI is InChI=1S/C10H10ClNO/c1-7(2)8-3-9(11)5-10(4-8)12-6-13/h3-5,7H,1-2H3. The Morgan fingerprint density at radius 2 is 2.08 bits per heavy atom. The number of hydrogen-bond donors (Lipinski definition) is 0. The van der Waals surface area contributed by atoms with E-state index < -0.39 is 0 Å². The molecular formula is C10H10ClNO. The van der Waals surface area contributed by atoms with Crippen LogP contribution in [0.4, 0.5) is 5.69 Å². The van der Waals surface area contributed by atoms with Gasteiger partial charge in [-0.05, 0) is 29.7 Å². The maximum Gasteiger partial charge on any atom is 0.240 e. The van der Waals surface area contributed by atoms with Crippen molar-refractivity contribution in [1.29, 1.82) is 0 Å². The Morgan fingerprint density at radius 1 is 1.38 bits per heavy atom. The van der Waals surface area contributed by atoms with E-state index >= 15 is 0 Å². The SMILES string of the molecule is CC(C)c1cc(Cl)cc(N=C=O)c1. The summed E-state index contributed by atoms with van der Waals surface area (Å²) in [6.07, 6.45) is 1.49. The van der Waals surface area contributed by atoms with Gasteiger partial charge in [0.05, 0.1) is 5.69 Å². The Morgan fingerprint density at radius 3 is 2.62 bits per heavy atom. The van der Waals surface area contributed by atoms with Gasteiger partial charge in [0.2, 0.25) is 6.08 Å². The molecule has 0 radical (unpaired) electrons. The predicted molar refractivity (Wildman–Crippen MR) is 53.3 cm³/mol. The van der Waals surface area contributed by atoms with Crippen molar-refractivity contribution in [3.05, 3.63) is 28.8 Å². The lowest BCUT2D eigenvalue weighted by molar-refractivity contribution is 0.565. The molecule has 0 aliphatic heterocycles. The van der Waals surface area contributed by atoms with E-state index in [1.807, 2.05) is 12.1 Å². The predicted octanol–water partition coefficient (Wildman–Crippen LogP) is 3.43. The minimum Gasteiger partial charge on any atom is -0.211 e. The minimum absolute atomic E-state index is 0.374. The third-order valence-electron chi connectivity index (χ3n) is 1.75. The fourth-order valence-corrected chi connectivity index (χ4v) is 1.28. The normalized spacial score (nSPS) is 9.85. The Hall–Kier alpha value is -1.11. The second kappa shape index (κ2) is 4.22. The fraction of sp³-hybridized carbons (Fsp3) is 0.300. The molecule has 1 aromatic carbocycles. The summed E-state index contributed by atoms with van der Waals surface area (Å²) in [5.41, 5.74) is 1.63. The number of rotatable bonds is 2. The molecule has 1 aromatic rings. The third-order valence-corrected chi connectivity index (χ3v) is 1.96. The molecule has 0 unspecified atom stereocenters. The van der Waals surface area contributed by atoms with E-state index in [2.05, 4.69) is 18.8 Å². The summed E-state index contributed by atoms with van der Waals surface area (Å²) in [7, 11) is 0. The fourth-order valence-electron chi connectivity index (χ4n) is 1.05. The summed E-state index contributed by atoms with van der Waals surface area (Å²) < 4.78 is 0. The van der Waals surface area contributed by atoms with Gasteiger partial charge in [-0.15, -0.1) is 0 Å². The van der Waals surface area contributed by atoms with Gasteiger partial charge in [-0.3, -0.25) is 0 Å². The first-order chi connectivity index (χ1) is 6.13. The molecule has 0 amide bonds. The molecule has 0 atom stereocenters. The lowest BCUT2D eigenvalue weighted by Crippen LogP contribution is -1.85. The van der Waals surface area contributed by atoms with Crippen LogP contribution in [0.25, 0.3) is 0 Å². The van der Waals surface area contributed by atoms with Crippen molar-refractivity contribution in [2.75, 3.05) is 0 Å². The van der Waals surface area contributed by atoms with Crippen LogP contribution in [0.5, 0.6) is 0 Å². The van der Waals surface area contributed by atoms with Crippen LogP contribution in [0.3, 0.4) is 0 Å². The molecule has 0 N–H and O–H groups in total. The molecule has 0 saturated heterocycles. The number of isocyanates is 1. The molecule has 0 aliphatic carbocycles. The van der Waals surface area contributed by atoms with Gasteiger partial charge in [0.25, 0.3) is 0 Å². The molecule has 0 saturated carbocycles. The highest BCUT2D eigenvalue weighted by atomic mass is 35.5. The van der Waals surface area contributed by atoms with Crippen LogP contribution >= 0.6 is 11.6 Å². The molecule has 0 aliphatic rings. The maximum atomic E-state index is 10.0. The van der Waals surface area contributed by atoms with E-state index in [-0.39, 0.29) is 0 Å². The molecular weight excluding hydrogens is 186 g/mol. The quantitative estimate of drug-likeness (QED) is 0.525. The smallest absolute Gasteiger partial charge is 0.211 e. The zero-order valence-corrected chi connectivity index (χ0v) is 8.30. The number of nitrogens with zero attached hydrogens (tertiary/aromatic N) is 1. The summed E-state index contributed by atoms with van der Waals surface area (Å²) in [5, 5.41) is 0.597. The molecule has 0 aromatic heterocycles. The number of aliphatic imine (C=N–C) groups is 1. The number of halogens is 1. The van der Waals surface area contributed by atoms with Crippen molar-refractivity contribution in [3.63, 3.8) is 0 Å². The Kier molecular flexibility index (Phi) is 3.24. The van der Waals surface area contributed by atoms with E-state index in [9.17, 15) is 4.79 Å². The monoisotopic (exact) mass is 195 g/mol. The summed E-state index contributed by atoms with van der Waals surface area (Å²) in [6.45, 7) is 4.11. The van der Waals surface area contributed by atoms with Crippen LogP contribution in [0.15, 0.2) is 23.2 Å². The van der Waals surface area contributed by atoms with Crippen LogP contribution in [-0.2, 0) is 4.79 Å². The Labute approximate surface area is 82.3 Å². The molecule has 1 rings (SSSR count). The Balaban J connectivity index is 3.18. The highest BCUT2D eigenvalue weighted by Crippen LogP contribution is 2.25. The van der Waals surface area contributed by atoms with Gasteiger partial charge in [-0.25, -0.2) is 4.79 Å². The first kappa shape index (κ1) is 9.97. The van der Waals surface area contributed by atoms with E-state index in [1.54, 1.807) is 6.07 Å². The van der Waals surface area contributed by atoms with Crippen molar-refractivity contribution in [1.82, 2.24) is 0 Å². The van der Waals surface area contributed by atoms with Crippen molar-refractivity contribution >= 4 is 23.4 Å². The van der Waals surface area contributed by atoms with Crippen LogP contribution in [0, 0.1) is 0 Å². The van der Waals surface area contributed by atoms with E-state index in [0.717, 1.165) is 5.56 Å². The number of hydrogen-bond acceptors (Lipinski definition) is 2. The molecule has 0 fully saturated rings. The average molecular weight is 196 g/mol. The zero-order chi connectivity index (χ0) is 9.84. The molecule has 68 valence electrons. The highest BCUT2D eigenvalue weighted by molar-refractivity contribution is 6.30. The first-order valence-electron chi connectivity index (χ1n) is 4.02. The van der Waals surface area contributed by atoms with E-state index in [0.29, 0.717) is 16.6 Å². The van der Waals surface area contributed by atoms with Gasteiger partial charge < -0.3 is 0 Å². The van der Waals surface area contributed by atoms with Gasteiger partial charge >= 0.3 is 0 Å². The highest BCUT2D eigenvalue weighted by Gasteiger charge is 2.02. The molecule has 0 bridgehead atoms. The topological polar surface area (TPSA) is 29.4 Å². The lowest BCUT2D eigenvalue weighted by atomic mass is 10.0. The van der Waals surface area contributed by atoms with Gasteiger partial charge in [-0.1, -0.05) is 25.4 Å². The third kappa shape index (κ3) is 2.69. The van der Waals surface area contributed by atoms with Crippen molar-refractivity contribution in [3.8, 4) is 0 Å². The molecule has 3 heteroatoms. The summed E-state index contributed by atoms with van der Waals surface area (Å²) in [5.74, 6) is 0.374. The largest absolute Gasteiger partial charge is 0.240 e. The summed E-state index contributed by atoms with van der Waals surface area (Å²) in [6, 6.07) is 5.34. The molecule has 13 heavy (non-hydrogen) atoms. The molecule has 0 heterocycles. The lowest BCUT2D eigenvalue weighted by Gasteiger charge is -2.05. The number of carbonyl (C=O) groups excluding carboxylic acids is 1. The van der Waals surface area contributed by atoms with Crippen LogP contribution in [0.2, 0.25) is 5.02 Å². The van der Waals surface area contributed by atoms with E-state index in [4.69, 9.17) is 11.6 Å². The zero-order valence-electron chi connectivity index (χ0n) is 7.54. The average Bonchev–Trinajstić information content (AvgIpc) is 2.03. The van der Waals surface area contributed by atoms with Crippen molar-refractivity contribution in [2.45, 2.75) is 19.8 Å². The maximum absolute atomic E-state index is 10.0.